The van der Waals surface area contributed by atoms with Crippen LogP contribution < -0.4 is 11.1 Å². The zero-order valence-corrected chi connectivity index (χ0v) is 18.6. The number of nitrogens with one attached hydrogen (secondary N) is 1. The Morgan fingerprint density at radius 2 is 1.85 bits per heavy atom. The van der Waals surface area contributed by atoms with Gasteiger partial charge in [0, 0.05) is 40.8 Å². The van der Waals surface area contributed by atoms with Crippen LogP contribution in [-0.2, 0) is 11.0 Å². The first-order valence-electron chi connectivity index (χ1n) is 10.5. The summed E-state index contributed by atoms with van der Waals surface area (Å²) in [6.07, 6.45) is 5.06. The topological polar surface area (TPSA) is 112 Å². The average molecular weight is 467 g/mol. The zero-order valence-electron chi connectivity index (χ0n) is 17.8. The molecule has 1 atom stereocenters. The van der Waals surface area contributed by atoms with Crippen molar-refractivity contribution in [3.8, 4) is 11.3 Å². The molecule has 166 valence electrons. The SMILES string of the molecule is Nc1cccc(Nc2nc(-c3cnc4c(ccn4S(=O)c4ccccc4)c3)c3occc3n2)c1. The molecule has 6 aromatic rings. The fraction of sp³-hybridized carbons (Fsp3) is 0. The van der Waals surface area contributed by atoms with Crippen molar-refractivity contribution in [3.63, 3.8) is 0 Å². The summed E-state index contributed by atoms with van der Waals surface area (Å²) in [4.78, 5) is 14.6. The summed E-state index contributed by atoms with van der Waals surface area (Å²) in [5.41, 5.74) is 10.5. The van der Waals surface area contributed by atoms with Crippen LogP contribution in [0.4, 0.5) is 17.3 Å². The Kier molecular flexibility index (Phi) is 4.81. The normalized spacial score (nSPS) is 12.2. The lowest BCUT2D eigenvalue weighted by atomic mass is 10.1. The van der Waals surface area contributed by atoms with Crippen LogP contribution in [0.1, 0.15) is 0 Å². The summed E-state index contributed by atoms with van der Waals surface area (Å²) in [7, 11) is -1.40. The van der Waals surface area contributed by atoms with Crippen LogP contribution in [0.15, 0.2) is 101 Å². The molecule has 0 fully saturated rings. The van der Waals surface area contributed by atoms with Crippen LogP contribution >= 0.6 is 0 Å². The molecular formula is C25H18N6O2S. The van der Waals surface area contributed by atoms with Crippen molar-refractivity contribution in [3.05, 3.63) is 91.5 Å². The lowest BCUT2D eigenvalue weighted by Crippen LogP contribution is -2.04. The lowest BCUT2D eigenvalue weighted by Gasteiger charge is -2.09. The Morgan fingerprint density at radius 3 is 2.71 bits per heavy atom. The number of nitrogens with zero attached hydrogens (tertiary/aromatic N) is 4. The van der Waals surface area contributed by atoms with Gasteiger partial charge in [-0.05, 0) is 42.5 Å². The van der Waals surface area contributed by atoms with Gasteiger partial charge in [-0.15, -0.1) is 0 Å². The number of pyridine rings is 1. The first kappa shape index (κ1) is 20.1. The predicted molar refractivity (Wildman–Crippen MR) is 133 cm³/mol. The molecular weight excluding hydrogens is 448 g/mol. The molecule has 0 aliphatic rings. The second-order valence-corrected chi connectivity index (χ2v) is 8.98. The first-order chi connectivity index (χ1) is 16.7. The molecule has 0 radical (unpaired) electrons. The van der Waals surface area contributed by atoms with Gasteiger partial charge < -0.3 is 15.5 Å². The van der Waals surface area contributed by atoms with E-state index in [1.807, 2.05) is 66.7 Å². The summed E-state index contributed by atoms with van der Waals surface area (Å²) >= 11 is 0. The Labute approximate surface area is 196 Å². The van der Waals surface area contributed by atoms with E-state index in [9.17, 15) is 4.21 Å². The highest BCUT2D eigenvalue weighted by atomic mass is 32.2. The molecule has 0 spiro atoms. The van der Waals surface area contributed by atoms with Gasteiger partial charge in [-0.3, -0.25) is 0 Å². The van der Waals surface area contributed by atoms with Crippen molar-refractivity contribution in [1.29, 1.82) is 0 Å². The minimum absolute atomic E-state index is 0.414. The van der Waals surface area contributed by atoms with Crippen molar-refractivity contribution >= 4 is 50.4 Å². The smallest absolute Gasteiger partial charge is 0.228 e. The molecule has 0 saturated carbocycles. The molecule has 8 nitrogen and oxygen atoms in total. The Morgan fingerprint density at radius 1 is 0.971 bits per heavy atom. The Balaban J connectivity index is 1.42. The number of hydrogen-bond acceptors (Lipinski definition) is 7. The number of furan rings is 1. The standard InChI is InChI=1S/C25H18N6O2S/c26-18-5-4-6-19(14-18)28-25-29-21-10-12-33-23(21)22(30-25)17-13-16-9-11-31(24(16)27-15-17)34(32)20-7-2-1-3-8-20/h1-15H,26H2,(H,28,29,30). The van der Waals surface area contributed by atoms with Crippen molar-refractivity contribution in [2.75, 3.05) is 11.1 Å². The number of anilines is 3. The van der Waals surface area contributed by atoms with E-state index in [1.54, 1.807) is 28.7 Å². The molecule has 0 bridgehead atoms. The Bertz CT molecular complexity index is 1680. The maximum absolute atomic E-state index is 13.0. The van der Waals surface area contributed by atoms with Gasteiger partial charge in [0.25, 0.3) is 0 Å². The zero-order chi connectivity index (χ0) is 23.1. The summed E-state index contributed by atoms with van der Waals surface area (Å²) < 4.78 is 20.4. The molecule has 4 aromatic heterocycles. The maximum Gasteiger partial charge on any atom is 0.228 e. The van der Waals surface area contributed by atoms with Crippen molar-refractivity contribution < 1.29 is 8.63 Å². The van der Waals surface area contributed by atoms with E-state index < -0.39 is 11.0 Å². The fourth-order valence-corrected chi connectivity index (χ4v) is 4.87. The van der Waals surface area contributed by atoms with Gasteiger partial charge in [-0.1, -0.05) is 24.3 Å². The highest BCUT2D eigenvalue weighted by Crippen LogP contribution is 2.31. The van der Waals surface area contributed by atoms with Crippen molar-refractivity contribution in [2.24, 2.45) is 0 Å². The number of aromatic nitrogens is 4. The van der Waals surface area contributed by atoms with Gasteiger partial charge >= 0.3 is 0 Å². The number of nitrogens with two attached hydrogens (primary N) is 1. The second-order valence-electron chi connectivity index (χ2n) is 7.62. The van der Waals surface area contributed by atoms with Crippen LogP contribution in [0.5, 0.6) is 0 Å². The number of rotatable bonds is 5. The van der Waals surface area contributed by atoms with Gasteiger partial charge in [0.05, 0.1) is 11.2 Å². The number of nitrogen functional groups attached to an aromatic ring is 1. The molecule has 34 heavy (non-hydrogen) atoms. The van der Waals surface area contributed by atoms with Crippen LogP contribution in [-0.4, -0.2) is 23.1 Å². The van der Waals surface area contributed by atoms with Gasteiger partial charge in [-0.2, -0.15) is 0 Å². The van der Waals surface area contributed by atoms with Gasteiger partial charge in [0.15, 0.2) is 22.2 Å². The van der Waals surface area contributed by atoms with Crippen LogP contribution in [0.2, 0.25) is 0 Å². The molecule has 9 heteroatoms. The highest BCUT2D eigenvalue weighted by Gasteiger charge is 2.16. The van der Waals surface area contributed by atoms with E-state index in [0.29, 0.717) is 39.0 Å². The molecule has 3 N–H and O–H groups in total. The third-order valence-electron chi connectivity index (χ3n) is 5.34. The van der Waals surface area contributed by atoms with Crippen LogP contribution in [0.25, 0.3) is 33.4 Å². The molecule has 0 amide bonds. The summed E-state index contributed by atoms with van der Waals surface area (Å²) in [6.45, 7) is 0. The van der Waals surface area contributed by atoms with Gasteiger partial charge in [-0.25, -0.2) is 23.1 Å². The highest BCUT2D eigenvalue weighted by molar-refractivity contribution is 7.83. The van der Waals surface area contributed by atoms with Gasteiger partial charge in [0.1, 0.15) is 11.2 Å². The molecule has 0 saturated heterocycles. The first-order valence-corrected chi connectivity index (χ1v) is 11.6. The lowest BCUT2D eigenvalue weighted by molar-refractivity contribution is 0.615. The van der Waals surface area contributed by atoms with E-state index in [1.165, 1.54) is 0 Å². The van der Waals surface area contributed by atoms with Gasteiger partial charge in [0.2, 0.25) is 5.95 Å². The minimum Gasteiger partial charge on any atom is -0.460 e. The van der Waals surface area contributed by atoms with Crippen molar-refractivity contribution in [1.82, 2.24) is 18.9 Å². The summed E-state index contributed by atoms with van der Waals surface area (Å²) in [6, 6.07) is 22.3. The molecule has 1 unspecified atom stereocenters. The third-order valence-corrected chi connectivity index (χ3v) is 6.66. The molecule has 0 aliphatic carbocycles. The number of benzene rings is 2. The minimum atomic E-state index is -1.40. The van der Waals surface area contributed by atoms with E-state index in [0.717, 1.165) is 16.6 Å². The van der Waals surface area contributed by atoms with Crippen LogP contribution in [0, 0.1) is 0 Å². The monoisotopic (exact) mass is 466 g/mol. The molecule has 0 aliphatic heterocycles. The largest absolute Gasteiger partial charge is 0.460 e. The van der Waals surface area contributed by atoms with E-state index in [2.05, 4.69) is 15.3 Å². The van der Waals surface area contributed by atoms with Crippen LogP contribution in [0.3, 0.4) is 0 Å². The molecule has 6 rings (SSSR count). The summed E-state index contributed by atoms with van der Waals surface area (Å²) in [5, 5.41) is 4.04. The number of fused-ring (bicyclic) bond motifs is 2. The van der Waals surface area contributed by atoms with E-state index in [4.69, 9.17) is 15.1 Å². The predicted octanol–water partition coefficient (Wildman–Crippen LogP) is 5.14. The maximum atomic E-state index is 13.0. The fourth-order valence-electron chi connectivity index (χ4n) is 3.77. The third kappa shape index (κ3) is 3.57. The van der Waals surface area contributed by atoms with E-state index >= 15 is 0 Å². The number of hydrogen-bond donors (Lipinski definition) is 2. The quantitative estimate of drug-likeness (QED) is 0.339. The Hall–Kier alpha value is -4.50. The van der Waals surface area contributed by atoms with E-state index in [-0.39, 0.29) is 0 Å². The average Bonchev–Trinajstić information content (AvgIpc) is 3.50. The molecule has 4 heterocycles. The second kappa shape index (κ2) is 8.13. The van der Waals surface area contributed by atoms with Crippen molar-refractivity contribution in [2.45, 2.75) is 4.90 Å². The molecule has 2 aromatic carbocycles. The summed E-state index contributed by atoms with van der Waals surface area (Å²) in [5.74, 6) is 0.414.